The highest BCUT2D eigenvalue weighted by molar-refractivity contribution is 5.86. The summed E-state index contributed by atoms with van der Waals surface area (Å²) in [4.78, 5) is 15.6. The lowest BCUT2D eigenvalue weighted by Gasteiger charge is -2.20. The van der Waals surface area contributed by atoms with Crippen molar-refractivity contribution in [3.8, 4) is 0 Å². The van der Waals surface area contributed by atoms with Crippen molar-refractivity contribution in [2.45, 2.75) is 25.4 Å². The molecule has 2 aromatic rings. The van der Waals surface area contributed by atoms with Gasteiger partial charge in [-0.3, -0.25) is 4.40 Å². The molecule has 3 rings (SSSR count). The molecular weight excluding hydrogens is 232 g/mol. The second kappa shape index (κ2) is 4.42. The average molecular weight is 246 g/mol. The Morgan fingerprint density at radius 2 is 2.33 bits per heavy atom. The lowest BCUT2D eigenvalue weighted by molar-refractivity contribution is 0.0126. The molecule has 0 amide bonds. The van der Waals surface area contributed by atoms with E-state index in [2.05, 4.69) is 4.98 Å². The molecule has 1 aliphatic rings. The van der Waals surface area contributed by atoms with Crippen LogP contribution in [-0.4, -0.2) is 27.1 Å². The van der Waals surface area contributed by atoms with E-state index in [-0.39, 0.29) is 11.8 Å². The normalized spacial score (nSPS) is 20.1. The van der Waals surface area contributed by atoms with Gasteiger partial charge in [0.25, 0.3) is 0 Å². The molecule has 1 fully saturated rings. The molecule has 0 radical (unpaired) electrons. The van der Waals surface area contributed by atoms with E-state index >= 15 is 0 Å². The Kier molecular flexibility index (Phi) is 2.76. The molecule has 1 N–H and O–H groups in total. The van der Waals surface area contributed by atoms with Crippen LogP contribution < -0.4 is 0 Å². The molecule has 3 heterocycles. The van der Waals surface area contributed by atoms with Crippen LogP contribution in [0.4, 0.5) is 0 Å². The molecule has 0 aliphatic carbocycles. The molecule has 0 spiro atoms. The van der Waals surface area contributed by atoms with Crippen molar-refractivity contribution in [2.24, 2.45) is 0 Å². The Morgan fingerprint density at radius 1 is 1.44 bits per heavy atom. The molecule has 1 atom stereocenters. The third-order valence-corrected chi connectivity index (χ3v) is 3.24. The van der Waals surface area contributed by atoms with Crippen molar-refractivity contribution >= 4 is 11.6 Å². The van der Waals surface area contributed by atoms with Crippen LogP contribution in [0.15, 0.2) is 24.4 Å². The first-order chi connectivity index (χ1) is 8.75. The number of hydrogen-bond acceptors (Lipinski definition) is 3. The van der Waals surface area contributed by atoms with Crippen molar-refractivity contribution in [1.82, 2.24) is 9.38 Å². The summed E-state index contributed by atoms with van der Waals surface area (Å²) in [5, 5.41) is 9.12. The number of carbonyl (C=O) groups is 1. The highest BCUT2D eigenvalue weighted by atomic mass is 16.5. The van der Waals surface area contributed by atoms with E-state index in [1.54, 1.807) is 28.8 Å². The van der Waals surface area contributed by atoms with Crippen molar-refractivity contribution in [2.75, 3.05) is 6.61 Å². The number of hydrogen-bond donors (Lipinski definition) is 1. The summed E-state index contributed by atoms with van der Waals surface area (Å²) in [5.41, 5.74) is 1.70. The Labute approximate surface area is 104 Å². The van der Waals surface area contributed by atoms with E-state index in [9.17, 15) is 4.79 Å². The second-order valence-electron chi connectivity index (χ2n) is 4.47. The fourth-order valence-electron chi connectivity index (χ4n) is 2.33. The van der Waals surface area contributed by atoms with Gasteiger partial charge in [0.2, 0.25) is 0 Å². The Hall–Kier alpha value is -1.88. The first-order valence-electron chi connectivity index (χ1n) is 6.08. The van der Waals surface area contributed by atoms with Crippen molar-refractivity contribution in [3.05, 3.63) is 35.8 Å². The summed E-state index contributed by atoms with van der Waals surface area (Å²) >= 11 is 0. The fraction of sp³-hybridized carbons (Fsp3) is 0.385. The van der Waals surface area contributed by atoms with Gasteiger partial charge in [-0.25, -0.2) is 9.78 Å². The van der Waals surface area contributed by atoms with Gasteiger partial charge in [-0.2, -0.15) is 0 Å². The van der Waals surface area contributed by atoms with Gasteiger partial charge in [-0.15, -0.1) is 0 Å². The minimum atomic E-state index is -0.950. The number of pyridine rings is 1. The standard InChI is InChI=1S/C13H14N2O3/c16-13(17)10-4-3-6-12-14-9(8-15(10)12)11-5-1-2-7-18-11/h3-4,6,8,11H,1-2,5,7H2,(H,16,17). The molecule has 5 heteroatoms. The number of aromatic nitrogens is 2. The van der Waals surface area contributed by atoms with E-state index in [0.717, 1.165) is 31.6 Å². The monoisotopic (exact) mass is 246 g/mol. The minimum absolute atomic E-state index is 0.000273. The maximum absolute atomic E-state index is 11.1. The number of fused-ring (bicyclic) bond motifs is 1. The average Bonchev–Trinajstić information content (AvgIpc) is 2.83. The molecule has 1 unspecified atom stereocenters. The summed E-state index contributed by atoms with van der Waals surface area (Å²) < 4.78 is 7.28. The van der Waals surface area contributed by atoms with Gasteiger partial charge in [0.15, 0.2) is 0 Å². The van der Waals surface area contributed by atoms with E-state index < -0.39 is 5.97 Å². The predicted octanol–water partition coefficient (Wildman–Crippen LogP) is 2.27. The molecule has 0 aromatic carbocycles. The highest BCUT2D eigenvalue weighted by Gasteiger charge is 2.20. The molecule has 5 nitrogen and oxygen atoms in total. The van der Waals surface area contributed by atoms with Crippen LogP contribution in [0.3, 0.4) is 0 Å². The predicted molar refractivity (Wildman–Crippen MR) is 64.7 cm³/mol. The first-order valence-corrected chi connectivity index (χ1v) is 6.08. The summed E-state index contributed by atoms with van der Waals surface area (Å²) in [6.07, 6.45) is 4.94. The van der Waals surface area contributed by atoms with Crippen LogP contribution in [0.25, 0.3) is 5.65 Å². The lowest BCUT2D eigenvalue weighted by atomic mass is 10.1. The number of aromatic carboxylic acids is 1. The summed E-state index contributed by atoms with van der Waals surface area (Å²) in [5.74, 6) is -0.950. The maximum Gasteiger partial charge on any atom is 0.352 e. The van der Waals surface area contributed by atoms with Crippen LogP contribution in [0.1, 0.15) is 41.5 Å². The van der Waals surface area contributed by atoms with Gasteiger partial charge in [0.05, 0.1) is 5.69 Å². The summed E-state index contributed by atoms with van der Waals surface area (Å²) in [6, 6.07) is 5.08. The number of carboxylic acid groups (broad SMARTS) is 1. The SMILES string of the molecule is O=C(O)c1cccc2nc(C3CCCCO3)cn12. The zero-order valence-corrected chi connectivity index (χ0v) is 9.87. The number of ether oxygens (including phenoxy) is 1. The lowest BCUT2D eigenvalue weighted by Crippen LogP contribution is -2.11. The minimum Gasteiger partial charge on any atom is -0.477 e. The Bertz CT molecular complexity index is 585. The first kappa shape index (κ1) is 11.2. The van der Waals surface area contributed by atoms with Crippen molar-refractivity contribution in [1.29, 1.82) is 0 Å². The van der Waals surface area contributed by atoms with Crippen LogP contribution in [0, 0.1) is 0 Å². The van der Waals surface area contributed by atoms with Gasteiger partial charge in [-0.1, -0.05) is 6.07 Å². The Balaban J connectivity index is 2.04. The van der Waals surface area contributed by atoms with Gasteiger partial charge >= 0.3 is 5.97 Å². The quantitative estimate of drug-likeness (QED) is 0.882. The number of nitrogens with zero attached hydrogens (tertiary/aromatic N) is 2. The van der Waals surface area contributed by atoms with Crippen molar-refractivity contribution in [3.63, 3.8) is 0 Å². The third kappa shape index (κ3) is 1.86. The molecule has 2 aromatic heterocycles. The van der Waals surface area contributed by atoms with Gasteiger partial charge in [0, 0.05) is 12.8 Å². The van der Waals surface area contributed by atoms with Gasteiger partial charge in [-0.05, 0) is 31.4 Å². The zero-order valence-electron chi connectivity index (χ0n) is 9.87. The number of carboxylic acids is 1. The Morgan fingerprint density at radius 3 is 3.06 bits per heavy atom. The number of imidazole rings is 1. The molecule has 0 saturated carbocycles. The molecule has 1 aliphatic heterocycles. The largest absolute Gasteiger partial charge is 0.477 e. The van der Waals surface area contributed by atoms with Crippen LogP contribution in [0.5, 0.6) is 0 Å². The van der Waals surface area contributed by atoms with Gasteiger partial charge < -0.3 is 9.84 Å². The highest BCUT2D eigenvalue weighted by Crippen LogP contribution is 2.27. The van der Waals surface area contributed by atoms with Gasteiger partial charge in [0.1, 0.15) is 17.4 Å². The molecular formula is C13H14N2O3. The molecule has 1 saturated heterocycles. The second-order valence-corrected chi connectivity index (χ2v) is 4.47. The van der Waals surface area contributed by atoms with E-state index in [1.807, 2.05) is 0 Å². The van der Waals surface area contributed by atoms with Crippen LogP contribution in [-0.2, 0) is 4.74 Å². The summed E-state index contributed by atoms with van der Waals surface area (Å²) in [6.45, 7) is 0.754. The maximum atomic E-state index is 11.1. The fourth-order valence-corrected chi connectivity index (χ4v) is 2.33. The zero-order chi connectivity index (χ0) is 12.5. The van der Waals surface area contributed by atoms with E-state index in [4.69, 9.17) is 9.84 Å². The smallest absolute Gasteiger partial charge is 0.352 e. The van der Waals surface area contributed by atoms with Crippen LogP contribution in [0.2, 0.25) is 0 Å². The summed E-state index contributed by atoms with van der Waals surface area (Å²) in [7, 11) is 0. The third-order valence-electron chi connectivity index (χ3n) is 3.24. The molecule has 0 bridgehead atoms. The van der Waals surface area contributed by atoms with E-state index in [0.29, 0.717) is 5.65 Å². The molecule has 94 valence electrons. The number of rotatable bonds is 2. The topological polar surface area (TPSA) is 63.8 Å². The van der Waals surface area contributed by atoms with Crippen LogP contribution >= 0.6 is 0 Å². The van der Waals surface area contributed by atoms with E-state index in [1.165, 1.54) is 0 Å². The van der Waals surface area contributed by atoms with Crippen molar-refractivity contribution < 1.29 is 14.6 Å². The molecule has 18 heavy (non-hydrogen) atoms.